The lowest BCUT2D eigenvalue weighted by Gasteiger charge is -2.40. The second kappa shape index (κ2) is 5.63. The van der Waals surface area contributed by atoms with Gasteiger partial charge in [-0.25, -0.2) is 9.37 Å². The van der Waals surface area contributed by atoms with Crippen molar-refractivity contribution >= 4 is 21.3 Å². The maximum atomic E-state index is 14.2. The predicted octanol–water partition coefficient (Wildman–Crippen LogP) is 6.61. The third-order valence-electron chi connectivity index (χ3n) is 3.94. The Kier molecular flexibility index (Phi) is 3.70. The monoisotopic (exact) mass is 432 g/mol. The summed E-state index contributed by atoms with van der Waals surface area (Å²) in [5.74, 6) is -0.866. The molecule has 0 atom stereocenters. The highest BCUT2D eigenvalue weighted by molar-refractivity contribution is 8.45. The largest absolute Gasteiger partial charge is 0.438 e. The van der Waals surface area contributed by atoms with Crippen LogP contribution < -0.4 is 4.74 Å². The zero-order valence-electron chi connectivity index (χ0n) is 14.1. The van der Waals surface area contributed by atoms with Gasteiger partial charge < -0.3 is 4.74 Å². The molecule has 4 aromatic rings. The van der Waals surface area contributed by atoms with Crippen LogP contribution in [-0.4, -0.2) is 20.4 Å². The van der Waals surface area contributed by atoms with Crippen molar-refractivity contribution in [1.29, 1.82) is 0 Å². The van der Waals surface area contributed by atoms with Crippen LogP contribution in [0.4, 0.5) is 23.8 Å². The number of hydrogen-bond acceptors (Lipinski definition) is 4. The van der Waals surface area contributed by atoms with E-state index < -0.39 is 20.9 Å². The molecule has 2 aromatic carbocycles. The Morgan fingerprint density at radius 1 is 0.897 bits per heavy atom. The number of ether oxygens (including phenoxy) is 1. The van der Waals surface area contributed by atoms with Crippen molar-refractivity contribution in [2.45, 2.75) is 4.90 Å². The molecule has 0 amide bonds. The molecule has 0 fully saturated rings. The van der Waals surface area contributed by atoms with Gasteiger partial charge in [0.05, 0.1) is 0 Å². The second-order valence-corrected chi connectivity index (χ2v) is 8.46. The molecule has 12 heteroatoms. The maximum Gasteiger partial charge on any atom is 0.310 e. The number of H-pyrrole nitrogens is 1. The Bertz CT molecular complexity index is 1230. The van der Waals surface area contributed by atoms with Crippen molar-refractivity contribution < 1.29 is 28.6 Å². The molecule has 4 rings (SSSR count). The highest BCUT2D eigenvalue weighted by atomic mass is 32.5. The first-order valence-corrected chi connectivity index (χ1v) is 9.83. The maximum absolute atomic E-state index is 14.2. The van der Waals surface area contributed by atoms with E-state index in [1.807, 2.05) is 0 Å². The minimum atomic E-state index is -9.78. The summed E-state index contributed by atoms with van der Waals surface area (Å²) in [5.41, 5.74) is 0.922. The molecule has 2 aromatic heterocycles. The minimum absolute atomic E-state index is 0.0340. The molecule has 152 valence electrons. The van der Waals surface area contributed by atoms with E-state index in [1.165, 1.54) is 18.3 Å². The quantitative estimate of drug-likeness (QED) is 0.369. The van der Waals surface area contributed by atoms with Crippen LogP contribution in [0.25, 0.3) is 22.2 Å². The third kappa shape index (κ3) is 3.83. The highest BCUT2D eigenvalue weighted by Crippen LogP contribution is 3.02. The first kappa shape index (κ1) is 19.1. The van der Waals surface area contributed by atoms with Crippen molar-refractivity contribution in [3.8, 4) is 22.8 Å². The molecule has 0 aliphatic heterocycles. The van der Waals surface area contributed by atoms with Crippen molar-refractivity contribution in [2.75, 3.05) is 0 Å². The molecule has 0 radical (unpaired) electrons. The summed E-state index contributed by atoms with van der Waals surface area (Å²) < 4.78 is 83.8. The van der Waals surface area contributed by atoms with E-state index in [2.05, 4.69) is 20.4 Å². The molecule has 0 saturated heterocycles. The van der Waals surface area contributed by atoms with E-state index in [1.54, 1.807) is 12.1 Å². The number of hydrogen-bond donors (Lipinski definition) is 1. The van der Waals surface area contributed by atoms with Crippen molar-refractivity contribution in [1.82, 2.24) is 20.4 Å². The molecule has 29 heavy (non-hydrogen) atoms. The molecule has 0 aliphatic rings. The number of pyridine rings is 1. The van der Waals surface area contributed by atoms with Crippen LogP contribution >= 0.6 is 10.2 Å². The molecule has 0 spiro atoms. The fourth-order valence-corrected chi connectivity index (χ4v) is 3.28. The summed E-state index contributed by atoms with van der Waals surface area (Å²) in [4.78, 5) is 1.96. The number of nitrogens with one attached hydrogen (secondary N) is 1. The Morgan fingerprint density at radius 3 is 2.31 bits per heavy atom. The second-order valence-electron chi connectivity index (χ2n) is 6.05. The van der Waals surface area contributed by atoms with Gasteiger partial charge in [-0.15, -0.1) is 0 Å². The van der Waals surface area contributed by atoms with E-state index in [-0.39, 0.29) is 34.8 Å². The molecule has 1 N–H and O–H groups in total. The van der Waals surface area contributed by atoms with E-state index in [0.717, 1.165) is 12.1 Å². The number of nitrogens with zero attached hydrogens (tertiary/aromatic N) is 3. The average molecular weight is 432 g/mol. The average Bonchev–Trinajstić information content (AvgIpc) is 3.10. The van der Waals surface area contributed by atoms with Gasteiger partial charge in [0.2, 0.25) is 5.88 Å². The summed E-state index contributed by atoms with van der Waals surface area (Å²) >= 11 is 0. The Labute approximate surface area is 159 Å². The fraction of sp³-hybridized carbons (Fsp3) is 0. The number of fused-ring (bicyclic) bond motifs is 1. The molecular weight excluding hydrogens is 422 g/mol. The van der Waals surface area contributed by atoms with Gasteiger partial charge in [0.1, 0.15) is 21.7 Å². The van der Waals surface area contributed by atoms with Crippen LogP contribution in [0.3, 0.4) is 0 Å². The topological polar surface area (TPSA) is 63.7 Å². The van der Waals surface area contributed by atoms with Crippen LogP contribution in [0.15, 0.2) is 59.6 Å². The number of benzene rings is 2. The zero-order chi connectivity index (χ0) is 20.9. The Morgan fingerprint density at radius 2 is 1.62 bits per heavy atom. The highest BCUT2D eigenvalue weighted by Gasteiger charge is 2.65. The Hall–Kier alpha value is -3.28. The summed E-state index contributed by atoms with van der Waals surface area (Å²) in [6.07, 6.45) is 1.35. The van der Waals surface area contributed by atoms with Gasteiger partial charge in [-0.3, -0.25) is 0 Å². The van der Waals surface area contributed by atoms with Gasteiger partial charge in [0.25, 0.3) is 0 Å². The molecule has 0 saturated carbocycles. The predicted molar refractivity (Wildman–Crippen MR) is 95.0 cm³/mol. The van der Waals surface area contributed by atoms with Gasteiger partial charge in [0.15, 0.2) is 5.82 Å². The molecule has 0 aliphatic carbocycles. The van der Waals surface area contributed by atoms with E-state index in [9.17, 15) is 23.8 Å². The zero-order valence-corrected chi connectivity index (χ0v) is 14.9. The lowest BCUT2D eigenvalue weighted by Crippen LogP contribution is -2.05. The van der Waals surface area contributed by atoms with Gasteiger partial charge in [-0.2, -0.15) is 15.4 Å². The van der Waals surface area contributed by atoms with E-state index in [0.29, 0.717) is 11.1 Å². The summed E-state index contributed by atoms with van der Waals surface area (Å²) in [5, 5.41) is 9.79. The smallest absolute Gasteiger partial charge is 0.310 e. The third-order valence-corrected chi connectivity index (χ3v) is 5.10. The summed E-state index contributed by atoms with van der Waals surface area (Å²) in [6, 6.07) is 7.77. The van der Waals surface area contributed by atoms with Crippen molar-refractivity contribution in [2.24, 2.45) is 0 Å². The lowest BCUT2D eigenvalue weighted by atomic mass is 10.1. The SMILES string of the molecule is Fc1cc(-c2cccnc2Oc2ccc(S(F)(F)(F)(F)F)cc2)cc2n[nH]nc12. The lowest BCUT2D eigenvalue weighted by molar-refractivity contribution is 0.363. The van der Waals surface area contributed by atoms with Crippen LogP contribution in [0.2, 0.25) is 0 Å². The van der Waals surface area contributed by atoms with Gasteiger partial charge in [-0.05, 0) is 54.1 Å². The first-order chi connectivity index (χ1) is 13.4. The fourth-order valence-electron chi connectivity index (χ4n) is 2.63. The van der Waals surface area contributed by atoms with Crippen molar-refractivity contribution in [3.63, 3.8) is 0 Å². The van der Waals surface area contributed by atoms with Crippen molar-refractivity contribution in [3.05, 3.63) is 60.5 Å². The molecule has 0 bridgehead atoms. The number of aromatic amines is 1. The number of halogens is 6. The summed E-state index contributed by atoms with van der Waals surface area (Å²) in [6.45, 7) is 0. The standard InChI is InChI=1S/C17H10F6N4OS/c18-14-8-10(9-15-16(14)26-27-25-15)13-2-1-7-24-17(13)28-11-3-5-12(6-4-11)29(19,20,21,22)23/h1-9H,(H,25,26,27). The van der Waals surface area contributed by atoms with Gasteiger partial charge in [-0.1, -0.05) is 19.4 Å². The first-order valence-electron chi connectivity index (χ1n) is 7.88. The minimum Gasteiger partial charge on any atom is -0.438 e. The number of rotatable bonds is 4. The van der Waals surface area contributed by atoms with Crippen LogP contribution in [0.5, 0.6) is 11.6 Å². The Balaban J connectivity index is 1.71. The molecular formula is C17H10F6N4OS. The normalized spacial score (nSPS) is 14.4. The van der Waals surface area contributed by atoms with Gasteiger partial charge in [0, 0.05) is 11.8 Å². The van der Waals surface area contributed by atoms with E-state index in [4.69, 9.17) is 4.74 Å². The van der Waals surface area contributed by atoms with Crippen LogP contribution in [0, 0.1) is 5.82 Å². The van der Waals surface area contributed by atoms with Crippen LogP contribution in [0.1, 0.15) is 0 Å². The molecule has 2 heterocycles. The number of aromatic nitrogens is 4. The van der Waals surface area contributed by atoms with E-state index >= 15 is 0 Å². The summed E-state index contributed by atoms with van der Waals surface area (Å²) in [7, 11) is -9.78. The molecule has 5 nitrogen and oxygen atoms in total. The molecule has 0 unspecified atom stereocenters. The van der Waals surface area contributed by atoms with Gasteiger partial charge >= 0.3 is 10.2 Å². The van der Waals surface area contributed by atoms with Crippen LogP contribution in [-0.2, 0) is 0 Å².